The molecule has 0 bridgehead atoms. The van der Waals surface area contributed by atoms with Crippen LogP contribution in [-0.2, 0) is 0 Å². The summed E-state index contributed by atoms with van der Waals surface area (Å²) < 4.78 is 2.20. The maximum atomic E-state index is 4.50. The fourth-order valence-corrected chi connectivity index (χ4v) is 1.75. The number of benzene rings is 1. The summed E-state index contributed by atoms with van der Waals surface area (Å²) in [5.41, 5.74) is 2.22. The molecular formula is C12H14N2. The Kier molecular flexibility index (Phi) is 2.12. The van der Waals surface area contributed by atoms with Crippen molar-refractivity contribution in [1.82, 2.24) is 9.55 Å². The second-order valence-electron chi connectivity index (χ2n) is 3.63. The third-order valence-corrected chi connectivity index (χ3v) is 2.32. The third-order valence-electron chi connectivity index (χ3n) is 2.32. The molecule has 1 aromatic carbocycles. The summed E-state index contributed by atoms with van der Waals surface area (Å²) >= 11 is 0. The smallest absolute Gasteiger partial charge is 0.133 e. The molecule has 0 aliphatic heterocycles. The van der Waals surface area contributed by atoms with E-state index in [9.17, 15) is 0 Å². The molecule has 72 valence electrons. The van der Waals surface area contributed by atoms with Crippen molar-refractivity contribution < 1.29 is 0 Å². The van der Waals surface area contributed by atoms with E-state index in [0.717, 1.165) is 11.3 Å². The van der Waals surface area contributed by atoms with Crippen LogP contribution in [0.5, 0.6) is 0 Å². The number of hydrogen-bond acceptors (Lipinski definition) is 1. The molecule has 0 fully saturated rings. The minimum absolute atomic E-state index is 0.412. The van der Waals surface area contributed by atoms with Gasteiger partial charge in [-0.3, -0.25) is 0 Å². The lowest BCUT2D eigenvalue weighted by Crippen LogP contribution is -2.02. The molecule has 14 heavy (non-hydrogen) atoms. The van der Waals surface area contributed by atoms with Gasteiger partial charge in [0.05, 0.1) is 11.0 Å². The van der Waals surface area contributed by atoms with Crippen molar-refractivity contribution in [3.05, 3.63) is 36.7 Å². The van der Waals surface area contributed by atoms with E-state index in [4.69, 9.17) is 0 Å². The molecule has 0 saturated heterocycles. The van der Waals surface area contributed by atoms with Gasteiger partial charge in [0.2, 0.25) is 0 Å². The van der Waals surface area contributed by atoms with Gasteiger partial charge in [0.1, 0.15) is 5.82 Å². The molecule has 0 aliphatic rings. The minimum atomic E-state index is 0.412. The monoisotopic (exact) mass is 186 g/mol. The molecule has 1 heterocycles. The molecule has 0 unspecified atom stereocenters. The molecule has 2 rings (SSSR count). The highest BCUT2D eigenvalue weighted by Crippen LogP contribution is 2.21. The van der Waals surface area contributed by atoms with Gasteiger partial charge in [-0.15, -0.1) is 0 Å². The van der Waals surface area contributed by atoms with Gasteiger partial charge in [-0.05, 0) is 32.1 Å². The van der Waals surface area contributed by atoms with Gasteiger partial charge in [0.15, 0.2) is 0 Å². The molecular weight excluding hydrogens is 172 g/mol. The van der Waals surface area contributed by atoms with E-state index in [1.165, 1.54) is 5.52 Å². The minimum Gasteiger partial charge on any atom is -0.322 e. The van der Waals surface area contributed by atoms with E-state index < -0.39 is 0 Å². The maximum Gasteiger partial charge on any atom is 0.133 e. The predicted molar refractivity (Wildman–Crippen MR) is 60.2 cm³/mol. The van der Waals surface area contributed by atoms with Crippen molar-refractivity contribution in [1.29, 1.82) is 0 Å². The number of aromatic nitrogens is 2. The third kappa shape index (κ3) is 1.23. The van der Waals surface area contributed by atoms with Gasteiger partial charge >= 0.3 is 0 Å². The second kappa shape index (κ2) is 3.29. The van der Waals surface area contributed by atoms with Crippen LogP contribution < -0.4 is 0 Å². The standard InChI is InChI=1S/C12H14N2/c1-4-12-13-10-7-5-6-8-11(10)14(12)9(2)3/h4-9H,1H2,2-3H3. The van der Waals surface area contributed by atoms with E-state index >= 15 is 0 Å². The molecule has 0 atom stereocenters. The molecule has 0 amide bonds. The van der Waals surface area contributed by atoms with E-state index in [1.807, 2.05) is 18.2 Å². The van der Waals surface area contributed by atoms with Crippen LogP contribution in [0.15, 0.2) is 30.8 Å². The zero-order chi connectivity index (χ0) is 10.1. The Morgan fingerprint density at radius 1 is 1.36 bits per heavy atom. The van der Waals surface area contributed by atoms with Crippen LogP contribution in [0.25, 0.3) is 17.1 Å². The topological polar surface area (TPSA) is 17.8 Å². The fraction of sp³-hybridized carbons (Fsp3) is 0.250. The lowest BCUT2D eigenvalue weighted by molar-refractivity contribution is 0.612. The first-order valence-electron chi connectivity index (χ1n) is 4.83. The van der Waals surface area contributed by atoms with Gasteiger partial charge in [0.25, 0.3) is 0 Å². The van der Waals surface area contributed by atoms with Gasteiger partial charge in [-0.2, -0.15) is 0 Å². The van der Waals surface area contributed by atoms with Crippen molar-refractivity contribution in [2.75, 3.05) is 0 Å². The second-order valence-corrected chi connectivity index (χ2v) is 3.63. The molecule has 2 aromatic rings. The average molecular weight is 186 g/mol. The number of rotatable bonds is 2. The first kappa shape index (κ1) is 9.00. The van der Waals surface area contributed by atoms with E-state index in [2.05, 4.69) is 36.0 Å². The highest BCUT2D eigenvalue weighted by atomic mass is 15.1. The number of fused-ring (bicyclic) bond motifs is 1. The maximum absolute atomic E-state index is 4.50. The summed E-state index contributed by atoms with van der Waals surface area (Å²) in [5, 5.41) is 0. The van der Waals surface area contributed by atoms with Crippen LogP contribution in [0, 0.1) is 0 Å². The molecule has 0 aliphatic carbocycles. The quantitative estimate of drug-likeness (QED) is 0.704. The van der Waals surface area contributed by atoms with E-state index in [1.54, 1.807) is 6.08 Å². The van der Waals surface area contributed by atoms with Crippen molar-refractivity contribution in [2.24, 2.45) is 0 Å². The lowest BCUT2D eigenvalue weighted by Gasteiger charge is -2.10. The average Bonchev–Trinajstić information content (AvgIpc) is 2.55. The summed E-state index contributed by atoms with van der Waals surface area (Å²) in [7, 11) is 0. The van der Waals surface area contributed by atoms with Gasteiger partial charge in [-0.25, -0.2) is 4.98 Å². The van der Waals surface area contributed by atoms with Gasteiger partial charge in [0, 0.05) is 6.04 Å². The SMILES string of the molecule is C=Cc1nc2ccccc2n1C(C)C. The normalized spacial score (nSPS) is 11.1. The van der Waals surface area contributed by atoms with Crippen LogP contribution in [0.4, 0.5) is 0 Å². The van der Waals surface area contributed by atoms with Crippen LogP contribution in [-0.4, -0.2) is 9.55 Å². The summed E-state index contributed by atoms with van der Waals surface area (Å²) in [5.74, 6) is 0.946. The van der Waals surface area contributed by atoms with E-state index in [-0.39, 0.29) is 0 Å². The predicted octanol–water partition coefficient (Wildman–Crippen LogP) is 3.26. The highest BCUT2D eigenvalue weighted by Gasteiger charge is 2.09. The Morgan fingerprint density at radius 2 is 2.07 bits per heavy atom. The van der Waals surface area contributed by atoms with Crippen molar-refractivity contribution in [2.45, 2.75) is 19.9 Å². The number of hydrogen-bond donors (Lipinski definition) is 0. The molecule has 0 saturated carbocycles. The molecule has 0 spiro atoms. The molecule has 1 aromatic heterocycles. The van der Waals surface area contributed by atoms with Crippen molar-refractivity contribution >= 4 is 17.1 Å². The zero-order valence-corrected chi connectivity index (χ0v) is 8.57. The van der Waals surface area contributed by atoms with E-state index in [0.29, 0.717) is 6.04 Å². The lowest BCUT2D eigenvalue weighted by atomic mass is 10.3. The Labute approximate surface area is 83.9 Å². The summed E-state index contributed by atoms with van der Waals surface area (Å²) in [4.78, 5) is 4.50. The summed E-state index contributed by atoms with van der Waals surface area (Å²) in [6.45, 7) is 8.09. The first-order chi connectivity index (χ1) is 6.74. The zero-order valence-electron chi connectivity index (χ0n) is 8.57. The van der Waals surface area contributed by atoms with Gasteiger partial charge < -0.3 is 4.57 Å². The van der Waals surface area contributed by atoms with Crippen molar-refractivity contribution in [3.63, 3.8) is 0 Å². The molecule has 0 N–H and O–H groups in total. The molecule has 2 heteroatoms. The Hall–Kier alpha value is -1.57. The van der Waals surface area contributed by atoms with Crippen LogP contribution in [0.3, 0.4) is 0 Å². The van der Waals surface area contributed by atoms with Crippen LogP contribution >= 0.6 is 0 Å². The number of para-hydroxylation sites is 2. The molecule has 2 nitrogen and oxygen atoms in total. The fourth-order valence-electron chi connectivity index (χ4n) is 1.75. The number of nitrogens with zero attached hydrogens (tertiary/aromatic N) is 2. The highest BCUT2D eigenvalue weighted by molar-refractivity contribution is 5.77. The van der Waals surface area contributed by atoms with Crippen molar-refractivity contribution in [3.8, 4) is 0 Å². The number of imidazole rings is 1. The Morgan fingerprint density at radius 3 is 2.71 bits per heavy atom. The largest absolute Gasteiger partial charge is 0.322 e. The molecule has 0 radical (unpaired) electrons. The summed E-state index contributed by atoms with van der Waals surface area (Å²) in [6.07, 6.45) is 1.81. The Bertz CT molecular complexity index is 466. The van der Waals surface area contributed by atoms with Crippen LogP contribution in [0.2, 0.25) is 0 Å². The summed E-state index contributed by atoms with van der Waals surface area (Å²) in [6, 6.07) is 8.58. The first-order valence-corrected chi connectivity index (χ1v) is 4.83. The Balaban J connectivity index is 2.80. The van der Waals surface area contributed by atoms with Gasteiger partial charge in [-0.1, -0.05) is 18.7 Å². The van der Waals surface area contributed by atoms with Crippen LogP contribution in [0.1, 0.15) is 25.7 Å².